The Balaban J connectivity index is 1.51. The van der Waals surface area contributed by atoms with Gasteiger partial charge in [-0.3, -0.25) is 4.79 Å². The van der Waals surface area contributed by atoms with Crippen molar-refractivity contribution >= 4 is 5.91 Å². The number of ether oxygens (including phenoxy) is 1. The zero-order valence-electron chi connectivity index (χ0n) is 13.2. The SMILES string of the molecule is C[C@H](N[C@H]1CC1c1ccc(OCc2ccccc2)cc1)C(N)=O. The summed E-state index contributed by atoms with van der Waals surface area (Å²) in [5.41, 5.74) is 7.71. The average Bonchev–Trinajstić information content (AvgIpc) is 3.33. The second-order valence-electron chi connectivity index (χ2n) is 6.08. The molecule has 4 heteroatoms. The Hall–Kier alpha value is -2.33. The van der Waals surface area contributed by atoms with Crippen LogP contribution in [0.25, 0.3) is 0 Å². The molecule has 1 aliphatic rings. The lowest BCUT2D eigenvalue weighted by Crippen LogP contribution is -2.40. The summed E-state index contributed by atoms with van der Waals surface area (Å²) in [6.45, 7) is 2.38. The normalized spacial score (nSPS) is 20.7. The number of nitrogens with two attached hydrogens (primary N) is 1. The quantitative estimate of drug-likeness (QED) is 0.826. The zero-order valence-corrected chi connectivity index (χ0v) is 13.2. The monoisotopic (exact) mass is 310 g/mol. The fourth-order valence-corrected chi connectivity index (χ4v) is 2.70. The molecule has 0 aromatic heterocycles. The molecule has 1 fully saturated rings. The molecule has 0 spiro atoms. The molecule has 0 saturated heterocycles. The van der Waals surface area contributed by atoms with Crippen LogP contribution >= 0.6 is 0 Å². The number of nitrogens with one attached hydrogen (secondary N) is 1. The van der Waals surface area contributed by atoms with E-state index < -0.39 is 0 Å². The molecule has 0 bridgehead atoms. The number of rotatable bonds is 7. The Bertz CT molecular complexity index is 655. The molecule has 4 nitrogen and oxygen atoms in total. The fraction of sp³-hybridized carbons (Fsp3) is 0.316. The molecule has 3 rings (SSSR count). The summed E-state index contributed by atoms with van der Waals surface area (Å²) in [7, 11) is 0. The molecule has 3 N–H and O–H groups in total. The molecule has 0 aliphatic heterocycles. The maximum atomic E-state index is 11.1. The first-order valence-corrected chi connectivity index (χ1v) is 7.95. The van der Waals surface area contributed by atoms with Gasteiger partial charge in [-0.15, -0.1) is 0 Å². The van der Waals surface area contributed by atoms with Crippen LogP contribution in [-0.4, -0.2) is 18.0 Å². The van der Waals surface area contributed by atoms with Crippen LogP contribution in [0.5, 0.6) is 5.75 Å². The second kappa shape index (κ2) is 6.84. The maximum absolute atomic E-state index is 11.1. The van der Waals surface area contributed by atoms with Crippen molar-refractivity contribution in [2.75, 3.05) is 0 Å². The summed E-state index contributed by atoms with van der Waals surface area (Å²) in [6.07, 6.45) is 1.04. The number of carbonyl (C=O) groups excluding carboxylic acids is 1. The van der Waals surface area contributed by atoms with Gasteiger partial charge in [-0.25, -0.2) is 0 Å². The topological polar surface area (TPSA) is 64.3 Å². The smallest absolute Gasteiger partial charge is 0.234 e. The van der Waals surface area contributed by atoms with Gasteiger partial charge in [0.2, 0.25) is 5.91 Å². The third-order valence-corrected chi connectivity index (χ3v) is 4.24. The number of hydrogen-bond donors (Lipinski definition) is 2. The first kappa shape index (κ1) is 15.6. The van der Waals surface area contributed by atoms with Crippen LogP contribution in [0.15, 0.2) is 54.6 Å². The molecule has 2 aromatic rings. The molecule has 1 unspecified atom stereocenters. The van der Waals surface area contributed by atoms with E-state index in [1.165, 1.54) is 5.56 Å². The van der Waals surface area contributed by atoms with Crippen LogP contribution in [0.2, 0.25) is 0 Å². The highest BCUT2D eigenvalue weighted by Crippen LogP contribution is 2.41. The van der Waals surface area contributed by atoms with E-state index in [0.29, 0.717) is 18.6 Å². The predicted molar refractivity (Wildman–Crippen MR) is 90.2 cm³/mol. The van der Waals surface area contributed by atoms with Crippen molar-refractivity contribution in [1.29, 1.82) is 0 Å². The van der Waals surface area contributed by atoms with Gasteiger partial charge in [0.15, 0.2) is 0 Å². The molecule has 2 aromatic carbocycles. The van der Waals surface area contributed by atoms with Crippen molar-refractivity contribution in [3.05, 3.63) is 65.7 Å². The highest BCUT2D eigenvalue weighted by atomic mass is 16.5. The van der Waals surface area contributed by atoms with Gasteiger partial charge in [0.05, 0.1) is 6.04 Å². The van der Waals surface area contributed by atoms with Gasteiger partial charge in [0, 0.05) is 12.0 Å². The number of carbonyl (C=O) groups is 1. The lowest BCUT2D eigenvalue weighted by atomic mass is 10.1. The van der Waals surface area contributed by atoms with E-state index >= 15 is 0 Å². The molecule has 1 aliphatic carbocycles. The lowest BCUT2D eigenvalue weighted by Gasteiger charge is -2.10. The van der Waals surface area contributed by atoms with Gasteiger partial charge in [-0.1, -0.05) is 42.5 Å². The van der Waals surface area contributed by atoms with Crippen LogP contribution in [0, 0.1) is 0 Å². The third-order valence-electron chi connectivity index (χ3n) is 4.24. The van der Waals surface area contributed by atoms with Crippen LogP contribution in [0.1, 0.15) is 30.4 Å². The highest BCUT2D eigenvalue weighted by molar-refractivity contribution is 5.79. The van der Waals surface area contributed by atoms with Crippen LogP contribution in [0.3, 0.4) is 0 Å². The molecule has 120 valence electrons. The summed E-state index contributed by atoms with van der Waals surface area (Å²) in [4.78, 5) is 11.1. The zero-order chi connectivity index (χ0) is 16.2. The molecular weight excluding hydrogens is 288 g/mol. The molecule has 1 saturated carbocycles. The molecule has 23 heavy (non-hydrogen) atoms. The summed E-state index contributed by atoms with van der Waals surface area (Å²) < 4.78 is 5.79. The van der Waals surface area contributed by atoms with Gasteiger partial charge in [-0.05, 0) is 36.6 Å². The van der Waals surface area contributed by atoms with Crippen molar-refractivity contribution in [3.63, 3.8) is 0 Å². The Kier molecular flexibility index (Phi) is 4.63. The first-order valence-electron chi connectivity index (χ1n) is 7.95. The van der Waals surface area contributed by atoms with E-state index in [-0.39, 0.29) is 11.9 Å². The Labute approximate surface area is 136 Å². The summed E-state index contributed by atoms with van der Waals surface area (Å²) >= 11 is 0. The van der Waals surface area contributed by atoms with Gasteiger partial charge in [-0.2, -0.15) is 0 Å². The minimum Gasteiger partial charge on any atom is -0.489 e. The third kappa shape index (κ3) is 4.11. The predicted octanol–water partition coefficient (Wildman–Crippen LogP) is 2.58. The van der Waals surface area contributed by atoms with Gasteiger partial charge in [0.25, 0.3) is 0 Å². The van der Waals surface area contributed by atoms with Crippen LogP contribution in [0.4, 0.5) is 0 Å². The number of primary amides is 1. The largest absolute Gasteiger partial charge is 0.489 e. The van der Waals surface area contributed by atoms with Crippen LogP contribution < -0.4 is 15.8 Å². The molecular formula is C19H22N2O2. The van der Waals surface area contributed by atoms with Gasteiger partial charge in [0.1, 0.15) is 12.4 Å². The molecule has 1 amide bonds. The van der Waals surface area contributed by atoms with Gasteiger partial charge >= 0.3 is 0 Å². The molecule has 3 atom stereocenters. The van der Waals surface area contributed by atoms with E-state index in [1.807, 2.05) is 30.3 Å². The minimum atomic E-state index is -0.305. The van der Waals surface area contributed by atoms with E-state index in [4.69, 9.17) is 10.5 Å². The summed E-state index contributed by atoms with van der Waals surface area (Å²) in [5, 5.41) is 3.26. The molecule has 0 heterocycles. The van der Waals surface area contributed by atoms with Gasteiger partial charge < -0.3 is 15.8 Å². The average molecular weight is 310 g/mol. The maximum Gasteiger partial charge on any atom is 0.234 e. The lowest BCUT2D eigenvalue weighted by molar-refractivity contribution is -0.119. The number of benzene rings is 2. The van der Waals surface area contributed by atoms with Crippen LogP contribution in [-0.2, 0) is 11.4 Å². The summed E-state index contributed by atoms with van der Waals surface area (Å²) in [6, 6.07) is 18.4. The second-order valence-corrected chi connectivity index (χ2v) is 6.08. The van der Waals surface area contributed by atoms with Crippen molar-refractivity contribution in [2.24, 2.45) is 5.73 Å². The highest BCUT2D eigenvalue weighted by Gasteiger charge is 2.39. The van der Waals surface area contributed by atoms with Crippen molar-refractivity contribution < 1.29 is 9.53 Å². The van der Waals surface area contributed by atoms with E-state index in [1.54, 1.807) is 6.92 Å². The van der Waals surface area contributed by atoms with Crippen molar-refractivity contribution in [2.45, 2.75) is 38.0 Å². The van der Waals surface area contributed by atoms with E-state index in [9.17, 15) is 4.79 Å². The minimum absolute atomic E-state index is 0.279. The summed E-state index contributed by atoms with van der Waals surface area (Å²) in [5.74, 6) is 1.02. The standard InChI is InChI=1S/C19H22N2O2/c1-13(19(20)22)21-18-11-17(18)15-7-9-16(10-8-15)23-12-14-5-3-2-4-6-14/h2-10,13,17-18,21H,11-12H2,1H3,(H2,20,22)/t13-,17?,18-/m0/s1. The fourth-order valence-electron chi connectivity index (χ4n) is 2.70. The molecule has 0 radical (unpaired) electrons. The van der Waals surface area contributed by atoms with E-state index in [2.05, 4.69) is 29.6 Å². The Morgan fingerprint density at radius 1 is 1.22 bits per heavy atom. The van der Waals surface area contributed by atoms with E-state index in [0.717, 1.165) is 17.7 Å². The van der Waals surface area contributed by atoms with Crippen molar-refractivity contribution in [1.82, 2.24) is 5.32 Å². The first-order chi connectivity index (χ1) is 11.1. The van der Waals surface area contributed by atoms with Crippen molar-refractivity contribution in [3.8, 4) is 5.75 Å². The number of hydrogen-bond acceptors (Lipinski definition) is 3. The number of amides is 1. The Morgan fingerprint density at radius 2 is 1.91 bits per heavy atom. The Morgan fingerprint density at radius 3 is 2.57 bits per heavy atom.